The van der Waals surface area contributed by atoms with Crippen LogP contribution in [0.2, 0.25) is 0 Å². The fourth-order valence-corrected chi connectivity index (χ4v) is 0.622. The molecular weight excluding hydrogens is 112 g/mol. The molecule has 2 heteroatoms. The van der Waals surface area contributed by atoms with Gasteiger partial charge in [-0.25, -0.2) is 9.97 Å². The van der Waals surface area contributed by atoms with Crippen molar-refractivity contribution in [2.45, 2.75) is 6.92 Å². The Morgan fingerprint density at radius 2 is 2.44 bits per heavy atom. The molecule has 0 N–H and O–H groups in total. The standard InChI is InChI=1S/C7H8N2/c1-3-7-6(2)4-8-5-9-7/h3-5H,1H2,2H3. The van der Waals surface area contributed by atoms with E-state index in [0.717, 1.165) is 11.3 Å². The van der Waals surface area contributed by atoms with Crippen molar-refractivity contribution in [3.05, 3.63) is 30.4 Å². The molecule has 0 radical (unpaired) electrons. The Balaban J connectivity index is 3.15. The lowest BCUT2D eigenvalue weighted by Gasteiger charge is -1.93. The van der Waals surface area contributed by atoms with Gasteiger partial charge in [0.05, 0.1) is 5.69 Å². The first-order valence-corrected chi connectivity index (χ1v) is 2.73. The summed E-state index contributed by atoms with van der Waals surface area (Å²) in [6.07, 6.45) is 5.00. The molecule has 1 aromatic heterocycles. The highest BCUT2D eigenvalue weighted by molar-refractivity contribution is 5.44. The predicted octanol–water partition coefficient (Wildman–Crippen LogP) is 1.43. The summed E-state index contributed by atoms with van der Waals surface area (Å²) in [7, 11) is 0. The Morgan fingerprint density at radius 1 is 1.67 bits per heavy atom. The van der Waals surface area contributed by atoms with E-state index < -0.39 is 0 Å². The monoisotopic (exact) mass is 120 g/mol. The van der Waals surface area contributed by atoms with E-state index in [1.54, 1.807) is 12.3 Å². The molecule has 0 amide bonds. The van der Waals surface area contributed by atoms with Gasteiger partial charge >= 0.3 is 0 Å². The number of aryl methyl sites for hydroxylation is 1. The first-order valence-electron chi connectivity index (χ1n) is 2.73. The highest BCUT2D eigenvalue weighted by Crippen LogP contribution is 2.00. The zero-order valence-corrected chi connectivity index (χ0v) is 5.33. The summed E-state index contributed by atoms with van der Waals surface area (Å²) in [4.78, 5) is 7.80. The minimum Gasteiger partial charge on any atom is -0.245 e. The van der Waals surface area contributed by atoms with Crippen molar-refractivity contribution < 1.29 is 0 Å². The van der Waals surface area contributed by atoms with E-state index in [4.69, 9.17) is 0 Å². The summed E-state index contributed by atoms with van der Waals surface area (Å²) in [5, 5.41) is 0. The molecule has 0 bridgehead atoms. The fourth-order valence-electron chi connectivity index (χ4n) is 0.622. The zero-order valence-electron chi connectivity index (χ0n) is 5.33. The summed E-state index contributed by atoms with van der Waals surface area (Å²) in [5.41, 5.74) is 1.97. The lowest BCUT2D eigenvalue weighted by molar-refractivity contribution is 1.11. The number of hydrogen-bond acceptors (Lipinski definition) is 2. The lowest BCUT2D eigenvalue weighted by Crippen LogP contribution is -1.85. The summed E-state index contributed by atoms with van der Waals surface area (Å²) >= 11 is 0. The molecule has 0 aromatic carbocycles. The van der Waals surface area contributed by atoms with Gasteiger partial charge in [0.1, 0.15) is 6.33 Å². The molecule has 2 nitrogen and oxygen atoms in total. The lowest BCUT2D eigenvalue weighted by atomic mass is 10.2. The van der Waals surface area contributed by atoms with Gasteiger partial charge in [0, 0.05) is 6.20 Å². The van der Waals surface area contributed by atoms with Crippen LogP contribution in [-0.4, -0.2) is 9.97 Å². The molecule has 0 atom stereocenters. The largest absolute Gasteiger partial charge is 0.245 e. The summed E-state index contributed by atoms with van der Waals surface area (Å²) in [6.45, 7) is 5.56. The van der Waals surface area contributed by atoms with E-state index in [0.29, 0.717) is 0 Å². The third-order valence-corrected chi connectivity index (χ3v) is 1.13. The van der Waals surface area contributed by atoms with Crippen molar-refractivity contribution in [3.63, 3.8) is 0 Å². The number of rotatable bonds is 1. The van der Waals surface area contributed by atoms with E-state index >= 15 is 0 Å². The van der Waals surface area contributed by atoms with E-state index in [1.807, 2.05) is 6.92 Å². The van der Waals surface area contributed by atoms with Crippen LogP contribution in [0.5, 0.6) is 0 Å². The Hall–Kier alpha value is -1.18. The van der Waals surface area contributed by atoms with Crippen LogP contribution in [0.4, 0.5) is 0 Å². The zero-order chi connectivity index (χ0) is 6.69. The SMILES string of the molecule is C=Cc1ncncc1C. The molecule has 1 aromatic rings. The second-order valence-corrected chi connectivity index (χ2v) is 1.80. The molecule has 0 unspecified atom stereocenters. The van der Waals surface area contributed by atoms with Crippen molar-refractivity contribution in [2.24, 2.45) is 0 Å². The van der Waals surface area contributed by atoms with Crippen molar-refractivity contribution >= 4 is 6.08 Å². The van der Waals surface area contributed by atoms with Crippen LogP contribution in [0.1, 0.15) is 11.3 Å². The average Bonchev–Trinajstić information content (AvgIpc) is 1.89. The molecule has 46 valence electrons. The van der Waals surface area contributed by atoms with E-state index in [-0.39, 0.29) is 0 Å². The Kier molecular flexibility index (Phi) is 1.58. The maximum Gasteiger partial charge on any atom is 0.116 e. The normalized spacial score (nSPS) is 9.00. The third-order valence-electron chi connectivity index (χ3n) is 1.13. The van der Waals surface area contributed by atoms with Crippen LogP contribution in [0, 0.1) is 6.92 Å². The van der Waals surface area contributed by atoms with Crippen molar-refractivity contribution in [1.29, 1.82) is 0 Å². The van der Waals surface area contributed by atoms with E-state index in [9.17, 15) is 0 Å². The smallest absolute Gasteiger partial charge is 0.116 e. The van der Waals surface area contributed by atoms with Crippen molar-refractivity contribution in [1.82, 2.24) is 9.97 Å². The van der Waals surface area contributed by atoms with Gasteiger partial charge in [-0.3, -0.25) is 0 Å². The molecule has 0 saturated heterocycles. The molecule has 9 heavy (non-hydrogen) atoms. The first kappa shape index (κ1) is 5.95. The topological polar surface area (TPSA) is 25.8 Å². The maximum atomic E-state index is 3.97. The number of aromatic nitrogens is 2. The molecular formula is C7H8N2. The first-order chi connectivity index (χ1) is 4.34. The van der Waals surface area contributed by atoms with Crippen LogP contribution in [0.15, 0.2) is 19.1 Å². The Morgan fingerprint density at radius 3 is 2.89 bits per heavy atom. The van der Waals surface area contributed by atoms with Gasteiger partial charge in [-0.15, -0.1) is 0 Å². The molecule has 0 aliphatic carbocycles. The number of hydrogen-bond donors (Lipinski definition) is 0. The molecule has 0 fully saturated rings. The van der Waals surface area contributed by atoms with Crippen LogP contribution >= 0.6 is 0 Å². The summed E-state index contributed by atoms with van der Waals surface area (Å²) < 4.78 is 0. The van der Waals surface area contributed by atoms with E-state index in [2.05, 4.69) is 16.5 Å². The minimum absolute atomic E-state index is 0.907. The Labute approximate surface area is 54.3 Å². The van der Waals surface area contributed by atoms with Crippen molar-refractivity contribution in [3.8, 4) is 0 Å². The maximum absolute atomic E-state index is 3.97. The van der Waals surface area contributed by atoms with Gasteiger partial charge in [0.25, 0.3) is 0 Å². The second kappa shape index (κ2) is 2.40. The Bertz CT molecular complexity index is 218. The van der Waals surface area contributed by atoms with Gasteiger partial charge in [0.2, 0.25) is 0 Å². The average molecular weight is 120 g/mol. The minimum atomic E-state index is 0.907. The van der Waals surface area contributed by atoms with E-state index in [1.165, 1.54) is 6.33 Å². The highest BCUT2D eigenvalue weighted by Gasteiger charge is 1.89. The molecule has 1 rings (SSSR count). The molecule has 0 saturated carbocycles. The van der Waals surface area contributed by atoms with Crippen LogP contribution in [0.25, 0.3) is 6.08 Å². The number of nitrogens with zero attached hydrogens (tertiary/aromatic N) is 2. The highest BCUT2D eigenvalue weighted by atomic mass is 14.8. The quantitative estimate of drug-likeness (QED) is 0.560. The second-order valence-electron chi connectivity index (χ2n) is 1.80. The third kappa shape index (κ3) is 1.13. The van der Waals surface area contributed by atoms with Crippen LogP contribution < -0.4 is 0 Å². The molecule has 0 aliphatic heterocycles. The van der Waals surface area contributed by atoms with Gasteiger partial charge in [-0.2, -0.15) is 0 Å². The van der Waals surface area contributed by atoms with Gasteiger partial charge in [0.15, 0.2) is 0 Å². The summed E-state index contributed by atoms with van der Waals surface area (Å²) in [5.74, 6) is 0. The van der Waals surface area contributed by atoms with Gasteiger partial charge < -0.3 is 0 Å². The van der Waals surface area contributed by atoms with Gasteiger partial charge in [-0.1, -0.05) is 6.58 Å². The predicted molar refractivity (Wildman–Crippen MR) is 36.9 cm³/mol. The van der Waals surface area contributed by atoms with Crippen LogP contribution in [0.3, 0.4) is 0 Å². The fraction of sp³-hybridized carbons (Fsp3) is 0.143. The molecule has 0 spiro atoms. The molecule has 0 aliphatic rings. The van der Waals surface area contributed by atoms with Crippen LogP contribution in [-0.2, 0) is 0 Å². The van der Waals surface area contributed by atoms with Crippen molar-refractivity contribution in [2.75, 3.05) is 0 Å². The van der Waals surface area contributed by atoms with Gasteiger partial charge in [-0.05, 0) is 18.6 Å². The summed E-state index contributed by atoms with van der Waals surface area (Å²) in [6, 6.07) is 0. The molecule has 1 heterocycles.